The van der Waals surface area contributed by atoms with E-state index < -0.39 is 0 Å². The van der Waals surface area contributed by atoms with E-state index >= 15 is 0 Å². The molecular weight excluding hydrogens is 268 g/mol. The summed E-state index contributed by atoms with van der Waals surface area (Å²) in [6.07, 6.45) is 2.54. The lowest BCUT2D eigenvalue weighted by molar-refractivity contribution is 0.0787. The Labute approximate surface area is 121 Å². The Morgan fingerprint density at radius 1 is 1.29 bits per heavy atom. The van der Waals surface area contributed by atoms with Crippen LogP contribution in [0.1, 0.15) is 23.2 Å². The number of nitrogens with zero attached hydrogens (tertiary/aromatic N) is 4. The number of tetrazole rings is 1. The molecule has 2 aliphatic rings. The number of aromatic nitrogens is 4. The number of benzene rings is 1. The molecule has 21 heavy (non-hydrogen) atoms. The number of nitrogens with one attached hydrogen (secondary N) is 2. The standard InChI is InChI=1S/C14H16N6O/c21-13(20-7-10-4-5-11(10)8-20)9-2-1-3-12(6-9)15-14-16-18-19-17-14/h1-3,6,10-11H,4-5,7-8H2,(H2,15,16,17,18,19)/t10-,11+. The minimum Gasteiger partial charge on any atom is -0.338 e. The molecule has 7 heteroatoms. The number of carbonyl (C=O) groups is 1. The molecule has 0 spiro atoms. The predicted molar refractivity (Wildman–Crippen MR) is 76.0 cm³/mol. The van der Waals surface area contributed by atoms with Crippen molar-refractivity contribution in [3.05, 3.63) is 29.8 Å². The Hall–Kier alpha value is -2.44. The zero-order valence-electron chi connectivity index (χ0n) is 11.5. The molecule has 2 aromatic rings. The van der Waals surface area contributed by atoms with Gasteiger partial charge in [-0.25, -0.2) is 0 Å². The fourth-order valence-corrected chi connectivity index (χ4v) is 3.18. The number of amides is 1. The first-order valence-corrected chi connectivity index (χ1v) is 7.19. The van der Waals surface area contributed by atoms with Crippen molar-refractivity contribution in [2.75, 3.05) is 18.4 Å². The summed E-state index contributed by atoms with van der Waals surface area (Å²) in [5, 5.41) is 16.6. The van der Waals surface area contributed by atoms with Crippen LogP contribution in [0.3, 0.4) is 0 Å². The largest absolute Gasteiger partial charge is 0.338 e. The monoisotopic (exact) mass is 284 g/mol. The summed E-state index contributed by atoms with van der Waals surface area (Å²) in [5.41, 5.74) is 1.48. The van der Waals surface area contributed by atoms with Gasteiger partial charge in [0, 0.05) is 24.3 Å². The normalized spacial score (nSPS) is 23.5. The molecule has 4 rings (SSSR count). The second-order valence-corrected chi connectivity index (χ2v) is 5.75. The first kappa shape index (κ1) is 12.3. The molecule has 2 N–H and O–H groups in total. The Kier molecular flexibility index (Phi) is 2.83. The molecule has 108 valence electrons. The molecule has 0 bridgehead atoms. The lowest BCUT2D eigenvalue weighted by atomic mass is 9.77. The SMILES string of the molecule is O=C(c1cccc(Nc2nn[nH]n2)c1)N1C[C@H]2CC[C@H]2C1. The molecule has 1 saturated carbocycles. The van der Waals surface area contributed by atoms with E-state index in [-0.39, 0.29) is 5.91 Å². The lowest BCUT2D eigenvalue weighted by Crippen LogP contribution is -2.28. The molecule has 7 nitrogen and oxygen atoms in total. The second-order valence-electron chi connectivity index (χ2n) is 5.75. The van der Waals surface area contributed by atoms with Crippen molar-refractivity contribution in [1.82, 2.24) is 25.5 Å². The van der Waals surface area contributed by atoms with E-state index in [1.54, 1.807) is 0 Å². The van der Waals surface area contributed by atoms with E-state index in [2.05, 4.69) is 25.9 Å². The van der Waals surface area contributed by atoms with E-state index in [9.17, 15) is 4.79 Å². The van der Waals surface area contributed by atoms with Gasteiger partial charge in [-0.15, -0.1) is 5.10 Å². The number of hydrogen-bond donors (Lipinski definition) is 2. The van der Waals surface area contributed by atoms with Crippen molar-refractivity contribution in [3.63, 3.8) is 0 Å². The van der Waals surface area contributed by atoms with Crippen LogP contribution in [-0.4, -0.2) is 44.5 Å². The van der Waals surface area contributed by atoms with Crippen molar-refractivity contribution >= 4 is 17.5 Å². The minimum atomic E-state index is 0.112. The number of aromatic amines is 1. The van der Waals surface area contributed by atoms with Crippen LogP contribution in [0.5, 0.6) is 0 Å². The van der Waals surface area contributed by atoms with E-state index in [1.807, 2.05) is 29.2 Å². The van der Waals surface area contributed by atoms with Gasteiger partial charge in [-0.2, -0.15) is 5.21 Å². The average Bonchev–Trinajstić information content (AvgIpc) is 3.08. The van der Waals surface area contributed by atoms with E-state index in [1.165, 1.54) is 12.8 Å². The highest BCUT2D eigenvalue weighted by atomic mass is 16.2. The molecule has 0 unspecified atom stereocenters. The number of anilines is 2. The predicted octanol–water partition coefficient (Wildman–Crippen LogP) is 1.43. The van der Waals surface area contributed by atoms with Gasteiger partial charge in [0.1, 0.15) is 0 Å². The van der Waals surface area contributed by atoms with Gasteiger partial charge in [0.15, 0.2) is 0 Å². The summed E-state index contributed by atoms with van der Waals surface area (Å²) in [7, 11) is 0. The first-order chi connectivity index (χ1) is 10.3. The molecule has 1 aliphatic heterocycles. The van der Waals surface area contributed by atoms with Gasteiger partial charge in [-0.05, 0) is 48.1 Å². The molecule has 2 heterocycles. The van der Waals surface area contributed by atoms with Crippen LogP contribution in [0.2, 0.25) is 0 Å². The molecular formula is C14H16N6O. The maximum Gasteiger partial charge on any atom is 0.267 e. The van der Waals surface area contributed by atoms with Crippen molar-refractivity contribution in [2.24, 2.45) is 11.8 Å². The molecule has 1 aromatic heterocycles. The van der Waals surface area contributed by atoms with Crippen LogP contribution in [0, 0.1) is 11.8 Å². The average molecular weight is 284 g/mol. The summed E-state index contributed by atoms with van der Waals surface area (Å²) in [5.74, 6) is 1.96. The smallest absolute Gasteiger partial charge is 0.267 e. The zero-order valence-corrected chi connectivity index (χ0v) is 11.5. The van der Waals surface area contributed by atoms with Crippen LogP contribution in [-0.2, 0) is 0 Å². The highest BCUT2D eigenvalue weighted by molar-refractivity contribution is 5.95. The van der Waals surface area contributed by atoms with Crippen LogP contribution in [0.15, 0.2) is 24.3 Å². The third-order valence-electron chi connectivity index (χ3n) is 4.48. The van der Waals surface area contributed by atoms with Crippen molar-refractivity contribution in [3.8, 4) is 0 Å². The highest BCUT2D eigenvalue weighted by Gasteiger charge is 2.41. The van der Waals surface area contributed by atoms with Crippen LogP contribution >= 0.6 is 0 Å². The molecule has 1 saturated heterocycles. The van der Waals surface area contributed by atoms with Gasteiger partial charge in [0.25, 0.3) is 11.9 Å². The molecule has 1 amide bonds. The highest BCUT2D eigenvalue weighted by Crippen LogP contribution is 2.40. The Balaban J connectivity index is 1.50. The summed E-state index contributed by atoms with van der Waals surface area (Å²) in [6, 6.07) is 7.42. The number of H-pyrrole nitrogens is 1. The number of rotatable bonds is 3. The number of likely N-dealkylation sites (tertiary alicyclic amines) is 1. The fraction of sp³-hybridized carbons (Fsp3) is 0.429. The van der Waals surface area contributed by atoms with Gasteiger partial charge in [0.05, 0.1) is 0 Å². The summed E-state index contributed by atoms with van der Waals surface area (Å²) in [4.78, 5) is 14.6. The Bertz CT molecular complexity index is 643. The molecule has 2 atom stereocenters. The summed E-state index contributed by atoms with van der Waals surface area (Å²) in [6.45, 7) is 1.82. The maximum absolute atomic E-state index is 12.6. The molecule has 0 radical (unpaired) electrons. The minimum absolute atomic E-state index is 0.112. The molecule has 2 fully saturated rings. The quantitative estimate of drug-likeness (QED) is 0.890. The summed E-state index contributed by atoms with van der Waals surface area (Å²) >= 11 is 0. The number of carbonyl (C=O) groups excluding carboxylic acids is 1. The first-order valence-electron chi connectivity index (χ1n) is 7.19. The van der Waals surface area contributed by atoms with E-state index in [0.29, 0.717) is 11.5 Å². The second kappa shape index (κ2) is 4.83. The van der Waals surface area contributed by atoms with Gasteiger partial charge in [-0.3, -0.25) is 4.79 Å². The van der Waals surface area contributed by atoms with Crippen LogP contribution in [0.4, 0.5) is 11.6 Å². The van der Waals surface area contributed by atoms with Crippen molar-refractivity contribution < 1.29 is 4.79 Å². The lowest BCUT2D eigenvalue weighted by Gasteiger charge is -2.27. The maximum atomic E-state index is 12.6. The van der Waals surface area contributed by atoms with Crippen LogP contribution in [0.25, 0.3) is 0 Å². The topological polar surface area (TPSA) is 86.8 Å². The third-order valence-corrected chi connectivity index (χ3v) is 4.48. The Morgan fingerprint density at radius 2 is 2.10 bits per heavy atom. The summed E-state index contributed by atoms with van der Waals surface area (Å²) < 4.78 is 0. The zero-order chi connectivity index (χ0) is 14.2. The molecule has 1 aliphatic carbocycles. The van der Waals surface area contributed by atoms with E-state index in [4.69, 9.17) is 0 Å². The Morgan fingerprint density at radius 3 is 2.76 bits per heavy atom. The van der Waals surface area contributed by atoms with Gasteiger partial charge < -0.3 is 10.2 Å². The van der Waals surface area contributed by atoms with Gasteiger partial charge >= 0.3 is 0 Å². The number of fused-ring (bicyclic) bond motifs is 1. The van der Waals surface area contributed by atoms with Gasteiger partial charge in [0.2, 0.25) is 0 Å². The van der Waals surface area contributed by atoms with Crippen molar-refractivity contribution in [2.45, 2.75) is 12.8 Å². The van der Waals surface area contributed by atoms with Crippen molar-refractivity contribution in [1.29, 1.82) is 0 Å². The fourth-order valence-electron chi connectivity index (χ4n) is 3.18. The molecule has 1 aromatic carbocycles. The van der Waals surface area contributed by atoms with Gasteiger partial charge in [-0.1, -0.05) is 11.2 Å². The van der Waals surface area contributed by atoms with Crippen LogP contribution < -0.4 is 5.32 Å². The van der Waals surface area contributed by atoms with E-state index in [0.717, 1.165) is 30.6 Å². The number of hydrogen-bond acceptors (Lipinski definition) is 5. The third kappa shape index (κ3) is 2.24.